The summed E-state index contributed by atoms with van der Waals surface area (Å²) in [7, 11) is 0. The van der Waals surface area contributed by atoms with E-state index in [1.54, 1.807) is 6.92 Å². The van der Waals surface area contributed by atoms with E-state index in [1.807, 2.05) is 23.1 Å². The summed E-state index contributed by atoms with van der Waals surface area (Å²) in [5.41, 5.74) is 0.188. The normalized spacial score (nSPS) is 24.4. The fourth-order valence-corrected chi connectivity index (χ4v) is 3.26. The lowest BCUT2D eigenvalue weighted by Crippen LogP contribution is -2.54. The summed E-state index contributed by atoms with van der Waals surface area (Å²) in [6.07, 6.45) is 2.70. The molecule has 1 N–H and O–H groups in total. The third-order valence-corrected chi connectivity index (χ3v) is 4.72. The Morgan fingerprint density at radius 3 is 2.89 bits per heavy atom. The van der Waals surface area contributed by atoms with Crippen molar-refractivity contribution in [1.82, 2.24) is 4.90 Å². The van der Waals surface area contributed by atoms with Gasteiger partial charge in [-0.3, -0.25) is 9.69 Å². The Bertz CT molecular complexity index is 494. The number of carboxylic acid groups (broad SMARTS) is 1. The third kappa shape index (κ3) is 3.12. The van der Waals surface area contributed by atoms with Crippen LogP contribution in [0.4, 0.5) is 0 Å². The van der Waals surface area contributed by atoms with Gasteiger partial charge in [-0.05, 0) is 50.4 Å². The van der Waals surface area contributed by atoms with Crippen molar-refractivity contribution in [3.05, 3.63) is 33.3 Å². The number of benzene rings is 1. The number of nitrogens with zero attached hydrogens (tertiary/aromatic N) is 1. The van der Waals surface area contributed by atoms with Gasteiger partial charge in [0.05, 0.1) is 0 Å². The van der Waals surface area contributed by atoms with E-state index < -0.39 is 11.5 Å². The Balaban J connectivity index is 2.22. The summed E-state index contributed by atoms with van der Waals surface area (Å²) in [5.74, 6) is -0.750. The maximum atomic E-state index is 11.5. The molecule has 1 atom stereocenters. The largest absolute Gasteiger partial charge is 0.480 e. The summed E-state index contributed by atoms with van der Waals surface area (Å²) < 4.78 is 0.931. The van der Waals surface area contributed by atoms with Gasteiger partial charge in [0.25, 0.3) is 0 Å². The summed E-state index contributed by atoms with van der Waals surface area (Å²) >= 11 is 9.59. The van der Waals surface area contributed by atoms with Crippen molar-refractivity contribution in [3.63, 3.8) is 0 Å². The zero-order valence-electron chi connectivity index (χ0n) is 10.8. The molecule has 2 rings (SSSR count). The number of hydrogen-bond acceptors (Lipinski definition) is 2. The van der Waals surface area contributed by atoms with Crippen LogP contribution in [0.25, 0.3) is 0 Å². The minimum Gasteiger partial charge on any atom is -0.480 e. The van der Waals surface area contributed by atoms with E-state index in [4.69, 9.17) is 11.6 Å². The first-order valence-corrected chi connectivity index (χ1v) is 7.53. The van der Waals surface area contributed by atoms with E-state index in [9.17, 15) is 9.90 Å². The van der Waals surface area contributed by atoms with Crippen molar-refractivity contribution >= 4 is 33.5 Å². The number of carbonyl (C=O) groups is 1. The second-order valence-corrected chi connectivity index (χ2v) is 6.52. The minimum atomic E-state index is -0.783. The van der Waals surface area contributed by atoms with Crippen molar-refractivity contribution in [1.29, 1.82) is 0 Å². The SMILES string of the molecule is CC1(C(=O)O)CCCCN1Cc1ccc(Br)cc1Cl. The molecule has 0 radical (unpaired) electrons. The van der Waals surface area contributed by atoms with Crippen LogP contribution >= 0.6 is 27.5 Å². The highest BCUT2D eigenvalue weighted by Crippen LogP contribution is 2.31. The zero-order chi connectivity index (χ0) is 14.0. The summed E-state index contributed by atoms with van der Waals surface area (Å²) in [5, 5.41) is 10.2. The van der Waals surface area contributed by atoms with Crippen LogP contribution in [0, 0.1) is 0 Å². The molecule has 1 aliphatic rings. The smallest absolute Gasteiger partial charge is 0.323 e. The van der Waals surface area contributed by atoms with E-state index >= 15 is 0 Å². The van der Waals surface area contributed by atoms with Gasteiger partial charge in [-0.1, -0.05) is 33.6 Å². The monoisotopic (exact) mass is 345 g/mol. The molecule has 0 spiro atoms. The first kappa shape index (κ1) is 14.8. The van der Waals surface area contributed by atoms with E-state index in [2.05, 4.69) is 15.9 Å². The lowest BCUT2D eigenvalue weighted by Gasteiger charge is -2.41. The molecular weight excluding hydrogens is 330 g/mol. The van der Waals surface area contributed by atoms with Crippen molar-refractivity contribution in [2.45, 2.75) is 38.3 Å². The molecule has 1 aliphatic heterocycles. The van der Waals surface area contributed by atoms with Crippen LogP contribution in [0.15, 0.2) is 22.7 Å². The lowest BCUT2D eigenvalue weighted by molar-refractivity contribution is -0.153. The van der Waals surface area contributed by atoms with E-state index in [0.29, 0.717) is 18.0 Å². The van der Waals surface area contributed by atoms with Gasteiger partial charge in [-0.25, -0.2) is 0 Å². The number of piperidine rings is 1. The van der Waals surface area contributed by atoms with E-state index in [-0.39, 0.29) is 0 Å². The quantitative estimate of drug-likeness (QED) is 0.901. The second-order valence-electron chi connectivity index (χ2n) is 5.19. The highest BCUT2D eigenvalue weighted by atomic mass is 79.9. The summed E-state index contributed by atoms with van der Waals surface area (Å²) in [4.78, 5) is 13.6. The standard InChI is InChI=1S/C14H17BrClNO2/c1-14(13(18)19)6-2-3-7-17(14)9-10-4-5-11(15)8-12(10)16/h4-5,8H,2-3,6-7,9H2,1H3,(H,18,19). The Morgan fingerprint density at radius 1 is 1.53 bits per heavy atom. The van der Waals surface area contributed by atoms with Gasteiger partial charge in [-0.15, -0.1) is 0 Å². The molecule has 3 nitrogen and oxygen atoms in total. The number of carboxylic acids is 1. The van der Waals surface area contributed by atoms with Crippen LogP contribution in [0.3, 0.4) is 0 Å². The first-order valence-electron chi connectivity index (χ1n) is 6.36. The molecule has 0 bridgehead atoms. The van der Waals surface area contributed by atoms with Crippen LogP contribution in [0.1, 0.15) is 31.7 Å². The van der Waals surface area contributed by atoms with Crippen LogP contribution in [0.5, 0.6) is 0 Å². The second kappa shape index (κ2) is 5.81. The van der Waals surface area contributed by atoms with Crippen molar-refractivity contribution < 1.29 is 9.90 Å². The van der Waals surface area contributed by atoms with Crippen molar-refractivity contribution in [2.24, 2.45) is 0 Å². The predicted octanol–water partition coefficient (Wildman–Crippen LogP) is 3.93. The van der Waals surface area contributed by atoms with E-state index in [0.717, 1.165) is 29.4 Å². The molecular formula is C14H17BrClNO2. The lowest BCUT2D eigenvalue weighted by atomic mass is 9.88. The Kier molecular flexibility index (Phi) is 4.54. The molecule has 0 saturated carbocycles. The zero-order valence-corrected chi connectivity index (χ0v) is 13.2. The number of likely N-dealkylation sites (tertiary alicyclic amines) is 1. The van der Waals surface area contributed by atoms with Gasteiger partial charge in [-0.2, -0.15) is 0 Å². The van der Waals surface area contributed by atoms with Gasteiger partial charge in [0, 0.05) is 16.0 Å². The predicted molar refractivity (Wildman–Crippen MR) is 79.5 cm³/mol. The number of rotatable bonds is 3. The number of halogens is 2. The molecule has 0 amide bonds. The van der Waals surface area contributed by atoms with Gasteiger partial charge in [0.15, 0.2) is 0 Å². The third-order valence-electron chi connectivity index (χ3n) is 3.88. The average molecular weight is 347 g/mol. The Hall–Kier alpha value is -0.580. The first-order chi connectivity index (χ1) is 8.93. The highest BCUT2D eigenvalue weighted by Gasteiger charge is 2.41. The molecule has 19 heavy (non-hydrogen) atoms. The molecule has 1 aromatic carbocycles. The summed E-state index contributed by atoms with van der Waals surface area (Å²) in [6, 6.07) is 5.73. The molecule has 104 valence electrons. The van der Waals surface area contributed by atoms with Crippen LogP contribution in [-0.4, -0.2) is 28.1 Å². The highest BCUT2D eigenvalue weighted by molar-refractivity contribution is 9.10. The Morgan fingerprint density at radius 2 is 2.26 bits per heavy atom. The molecule has 1 unspecified atom stereocenters. The molecule has 1 fully saturated rings. The van der Waals surface area contributed by atoms with Gasteiger partial charge in [0.1, 0.15) is 5.54 Å². The maximum Gasteiger partial charge on any atom is 0.323 e. The van der Waals surface area contributed by atoms with Crippen LogP contribution < -0.4 is 0 Å². The maximum absolute atomic E-state index is 11.5. The molecule has 5 heteroatoms. The van der Waals surface area contributed by atoms with E-state index in [1.165, 1.54) is 0 Å². The van der Waals surface area contributed by atoms with Crippen LogP contribution in [0.2, 0.25) is 5.02 Å². The molecule has 1 heterocycles. The fraction of sp³-hybridized carbons (Fsp3) is 0.500. The van der Waals surface area contributed by atoms with Gasteiger partial charge >= 0.3 is 5.97 Å². The topological polar surface area (TPSA) is 40.5 Å². The molecule has 1 saturated heterocycles. The van der Waals surface area contributed by atoms with Gasteiger partial charge in [0.2, 0.25) is 0 Å². The fourth-order valence-electron chi connectivity index (χ4n) is 2.53. The average Bonchev–Trinajstić information content (AvgIpc) is 2.35. The molecule has 1 aromatic rings. The Labute approximate surface area is 126 Å². The van der Waals surface area contributed by atoms with Gasteiger partial charge < -0.3 is 5.11 Å². The summed E-state index contributed by atoms with van der Waals surface area (Å²) in [6.45, 7) is 3.19. The van der Waals surface area contributed by atoms with Crippen LogP contribution in [-0.2, 0) is 11.3 Å². The number of hydrogen-bond donors (Lipinski definition) is 1. The van der Waals surface area contributed by atoms with Crippen molar-refractivity contribution in [3.8, 4) is 0 Å². The minimum absolute atomic E-state index is 0.578. The van der Waals surface area contributed by atoms with Crippen molar-refractivity contribution in [2.75, 3.05) is 6.54 Å². The number of aliphatic carboxylic acids is 1. The molecule has 0 aliphatic carbocycles. The molecule has 0 aromatic heterocycles.